The number of aryl methyl sites for hydroxylation is 1. The Balaban J connectivity index is 0.000000873. The molecule has 100 valence electrons. The summed E-state index contributed by atoms with van der Waals surface area (Å²) in [6, 6.07) is 2.14. The maximum absolute atomic E-state index is 12.7. The quantitative estimate of drug-likeness (QED) is 0.585. The predicted octanol–water partition coefficient (Wildman–Crippen LogP) is 3.62. The van der Waals surface area contributed by atoms with Crippen LogP contribution in [0.4, 0.5) is 22.0 Å². The summed E-state index contributed by atoms with van der Waals surface area (Å²) in [5.41, 5.74) is -1.45. The van der Waals surface area contributed by atoms with Crippen molar-refractivity contribution in [3.63, 3.8) is 0 Å². The van der Waals surface area contributed by atoms with Crippen molar-refractivity contribution >= 4 is 11.6 Å². The second-order valence-corrected chi connectivity index (χ2v) is 3.31. The molecule has 0 radical (unpaired) electrons. The molecule has 18 heavy (non-hydrogen) atoms. The van der Waals surface area contributed by atoms with Crippen molar-refractivity contribution in [2.75, 3.05) is 0 Å². The van der Waals surface area contributed by atoms with Crippen molar-refractivity contribution in [3.8, 4) is 6.07 Å². The van der Waals surface area contributed by atoms with Crippen LogP contribution in [0.25, 0.3) is 0 Å². The third-order valence-electron chi connectivity index (χ3n) is 1.48. The summed E-state index contributed by atoms with van der Waals surface area (Å²) in [5, 5.41) is 6.86. The minimum absolute atomic E-state index is 0.249. The summed E-state index contributed by atoms with van der Waals surface area (Å²) in [6.07, 6.45) is -5.70. The lowest BCUT2D eigenvalue weighted by Gasteiger charge is -2.18. The SMILES string of the molecule is CC#N.Cc1nc(Cl)cc(C(F)(F)C(F)(F)F)n1. The molecular weight excluding hydrogens is 281 g/mol. The normalized spacial score (nSPS) is 11.3. The number of hydrogen-bond donors (Lipinski definition) is 0. The number of halogens is 6. The van der Waals surface area contributed by atoms with E-state index in [1.807, 2.05) is 0 Å². The Morgan fingerprint density at radius 2 is 1.67 bits per heavy atom. The fourth-order valence-electron chi connectivity index (χ4n) is 0.837. The van der Waals surface area contributed by atoms with Gasteiger partial charge in [-0.15, -0.1) is 0 Å². The van der Waals surface area contributed by atoms with Crippen LogP contribution < -0.4 is 0 Å². The van der Waals surface area contributed by atoms with Crippen LogP contribution in [0.3, 0.4) is 0 Å². The Bertz CT molecular complexity index is 432. The van der Waals surface area contributed by atoms with E-state index in [0.717, 1.165) is 0 Å². The van der Waals surface area contributed by atoms with Crippen LogP contribution in [0.1, 0.15) is 18.4 Å². The zero-order chi connectivity index (χ0) is 14.6. The first kappa shape index (κ1) is 16.5. The molecule has 0 atom stereocenters. The van der Waals surface area contributed by atoms with Gasteiger partial charge in [0.25, 0.3) is 0 Å². The average Bonchev–Trinajstić information content (AvgIpc) is 2.15. The van der Waals surface area contributed by atoms with E-state index < -0.39 is 22.9 Å². The molecule has 0 aliphatic rings. The Hall–Kier alpha value is -1.49. The third kappa shape index (κ3) is 4.07. The molecule has 3 nitrogen and oxygen atoms in total. The largest absolute Gasteiger partial charge is 0.459 e. The van der Waals surface area contributed by atoms with E-state index in [1.165, 1.54) is 13.8 Å². The molecule has 1 aromatic rings. The van der Waals surface area contributed by atoms with Gasteiger partial charge in [0.15, 0.2) is 0 Å². The molecule has 0 aliphatic carbocycles. The summed E-state index contributed by atoms with van der Waals surface area (Å²) in [5.74, 6) is -5.27. The van der Waals surface area contributed by atoms with Gasteiger partial charge in [-0.05, 0) is 6.92 Å². The van der Waals surface area contributed by atoms with Crippen LogP contribution in [-0.4, -0.2) is 16.1 Å². The van der Waals surface area contributed by atoms with Crippen molar-refractivity contribution in [2.24, 2.45) is 0 Å². The molecule has 0 saturated heterocycles. The number of nitriles is 1. The smallest absolute Gasteiger partial charge is 0.231 e. The van der Waals surface area contributed by atoms with Gasteiger partial charge in [0.05, 0.1) is 6.07 Å². The molecule has 0 N–H and O–H groups in total. The number of alkyl halides is 5. The molecule has 0 bridgehead atoms. The maximum atomic E-state index is 12.7. The fraction of sp³-hybridized carbons (Fsp3) is 0.444. The van der Waals surface area contributed by atoms with E-state index in [4.69, 9.17) is 16.9 Å². The number of nitrogens with zero attached hydrogens (tertiary/aromatic N) is 3. The summed E-state index contributed by atoms with van der Waals surface area (Å²) in [6.45, 7) is 2.60. The minimum Gasteiger partial charge on any atom is -0.231 e. The van der Waals surface area contributed by atoms with Gasteiger partial charge in [0.1, 0.15) is 16.7 Å². The van der Waals surface area contributed by atoms with Gasteiger partial charge in [-0.2, -0.15) is 27.2 Å². The first-order valence-electron chi connectivity index (χ1n) is 4.33. The van der Waals surface area contributed by atoms with Crippen LogP contribution in [0.2, 0.25) is 5.15 Å². The molecule has 0 aromatic carbocycles. The standard InChI is InChI=1S/C7H4ClF5N2.C2H3N/c1-3-14-4(2-5(8)15-3)6(9,10)7(11,12)13;1-2-3/h2H,1H3;1H3. The van der Waals surface area contributed by atoms with Crippen molar-refractivity contribution in [2.45, 2.75) is 25.9 Å². The Kier molecular flexibility index (Phi) is 5.42. The van der Waals surface area contributed by atoms with Crippen molar-refractivity contribution in [1.29, 1.82) is 5.26 Å². The number of rotatable bonds is 1. The molecule has 1 rings (SSSR count). The van der Waals surface area contributed by atoms with E-state index in [2.05, 4.69) is 9.97 Å². The van der Waals surface area contributed by atoms with Gasteiger partial charge in [0, 0.05) is 13.0 Å². The molecule has 0 amide bonds. The van der Waals surface area contributed by atoms with E-state index in [-0.39, 0.29) is 5.82 Å². The zero-order valence-corrected chi connectivity index (χ0v) is 9.94. The second-order valence-electron chi connectivity index (χ2n) is 2.92. The van der Waals surface area contributed by atoms with Crippen LogP contribution in [0.15, 0.2) is 6.07 Å². The van der Waals surface area contributed by atoms with Gasteiger partial charge >= 0.3 is 12.1 Å². The van der Waals surface area contributed by atoms with Crippen molar-refractivity contribution < 1.29 is 22.0 Å². The van der Waals surface area contributed by atoms with Crippen LogP contribution in [-0.2, 0) is 5.92 Å². The highest BCUT2D eigenvalue weighted by atomic mass is 35.5. The van der Waals surface area contributed by atoms with Gasteiger partial charge in [-0.3, -0.25) is 0 Å². The lowest BCUT2D eigenvalue weighted by Crippen LogP contribution is -2.34. The Morgan fingerprint density at radius 1 is 1.22 bits per heavy atom. The van der Waals surface area contributed by atoms with E-state index in [1.54, 1.807) is 6.07 Å². The predicted molar refractivity (Wildman–Crippen MR) is 53.0 cm³/mol. The molecule has 0 aliphatic heterocycles. The highest BCUT2D eigenvalue weighted by Crippen LogP contribution is 2.43. The van der Waals surface area contributed by atoms with Gasteiger partial charge in [-0.25, -0.2) is 9.97 Å². The fourth-order valence-corrected chi connectivity index (χ4v) is 1.06. The Morgan fingerprint density at radius 3 is 2.00 bits per heavy atom. The second kappa shape index (κ2) is 5.91. The number of hydrogen-bond acceptors (Lipinski definition) is 3. The highest BCUT2D eigenvalue weighted by Gasteiger charge is 2.60. The molecule has 0 fully saturated rings. The van der Waals surface area contributed by atoms with Gasteiger partial charge < -0.3 is 0 Å². The topological polar surface area (TPSA) is 49.6 Å². The molecular formula is C9H7ClF5N3. The van der Waals surface area contributed by atoms with E-state index in [9.17, 15) is 22.0 Å². The first-order chi connectivity index (χ1) is 8.06. The molecule has 0 spiro atoms. The third-order valence-corrected chi connectivity index (χ3v) is 1.68. The van der Waals surface area contributed by atoms with E-state index >= 15 is 0 Å². The molecule has 9 heteroatoms. The van der Waals surface area contributed by atoms with Crippen LogP contribution in [0, 0.1) is 18.3 Å². The summed E-state index contributed by atoms with van der Waals surface area (Å²) < 4.78 is 61.3. The monoisotopic (exact) mass is 287 g/mol. The maximum Gasteiger partial charge on any atom is 0.459 e. The van der Waals surface area contributed by atoms with Crippen molar-refractivity contribution in [3.05, 3.63) is 22.7 Å². The molecule has 0 unspecified atom stereocenters. The zero-order valence-electron chi connectivity index (χ0n) is 9.19. The number of aromatic nitrogens is 2. The molecule has 1 aromatic heterocycles. The van der Waals surface area contributed by atoms with Crippen molar-refractivity contribution in [1.82, 2.24) is 9.97 Å². The lowest BCUT2D eigenvalue weighted by molar-refractivity contribution is -0.291. The highest BCUT2D eigenvalue weighted by molar-refractivity contribution is 6.29. The Labute approximate surface area is 104 Å². The van der Waals surface area contributed by atoms with Crippen LogP contribution in [0.5, 0.6) is 0 Å². The summed E-state index contributed by atoms with van der Waals surface area (Å²) >= 11 is 5.25. The lowest BCUT2D eigenvalue weighted by atomic mass is 10.2. The van der Waals surface area contributed by atoms with Crippen LogP contribution >= 0.6 is 11.6 Å². The van der Waals surface area contributed by atoms with Gasteiger partial charge in [0.2, 0.25) is 0 Å². The minimum atomic E-state index is -5.70. The molecule has 1 heterocycles. The van der Waals surface area contributed by atoms with E-state index in [0.29, 0.717) is 6.07 Å². The molecule has 0 saturated carbocycles. The summed E-state index contributed by atoms with van der Waals surface area (Å²) in [4.78, 5) is 6.39. The summed E-state index contributed by atoms with van der Waals surface area (Å²) in [7, 11) is 0. The first-order valence-corrected chi connectivity index (χ1v) is 4.71. The van der Waals surface area contributed by atoms with Gasteiger partial charge in [-0.1, -0.05) is 11.6 Å². The average molecular weight is 288 g/mol.